The van der Waals surface area contributed by atoms with Crippen molar-refractivity contribution in [1.82, 2.24) is 5.01 Å². The molecule has 10 heteroatoms. The molecule has 0 N–H and O–H groups in total. The Kier molecular flexibility index (Phi) is 3.58. The van der Waals surface area contributed by atoms with Gasteiger partial charge >= 0.3 is 17.9 Å². The van der Waals surface area contributed by atoms with E-state index in [1.807, 2.05) is 24.3 Å². The predicted octanol–water partition coefficient (Wildman–Crippen LogP) is 0.738. The van der Waals surface area contributed by atoms with E-state index in [2.05, 4.69) is 10.3 Å². The Balaban J connectivity index is 1.71. The maximum atomic E-state index is 13.2. The molecule has 1 aromatic rings. The molecule has 1 saturated heterocycles. The fourth-order valence-corrected chi connectivity index (χ4v) is 5.73. The van der Waals surface area contributed by atoms with Gasteiger partial charge in [-0.1, -0.05) is 29.5 Å². The first-order valence-electron chi connectivity index (χ1n) is 9.17. The van der Waals surface area contributed by atoms with Crippen molar-refractivity contribution < 1.29 is 33.3 Å². The van der Waals surface area contributed by atoms with Gasteiger partial charge in [-0.05, 0) is 11.1 Å². The van der Waals surface area contributed by atoms with E-state index in [0.29, 0.717) is 0 Å². The Morgan fingerprint density at radius 1 is 1.00 bits per heavy atom. The molecule has 6 unspecified atom stereocenters. The third-order valence-corrected chi connectivity index (χ3v) is 6.70. The highest BCUT2D eigenvalue weighted by Crippen LogP contribution is 2.76. The Morgan fingerprint density at radius 2 is 1.62 bits per heavy atom. The summed E-state index contributed by atoms with van der Waals surface area (Å²) in [6, 6.07) is 7.67. The smallest absolute Gasteiger partial charge is 0.339 e. The minimum atomic E-state index is -1.67. The van der Waals surface area contributed by atoms with Crippen LogP contribution in [0.4, 0.5) is 0 Å². The van der Waals surface area contributed by atoms with Gasteiger partial charge in [-0.25, -0.2) is 14.6 Å². The number of carbonyl (C=O) groups excluding carboxylic acids is 3. The summed E-state index contributed by atoms with van der Waals surface area (Å²) < 4.78 is 21.1. The van der Waals surface area contributed by atoms with Gasteiger partial charge in [0.2, 0.25) is 11.1 Å². The van der Waals surface area contributed by atoms with E-state index in [4.69, 9.17) is 18.9 Å². The molecule has 6 atom stereocenters. The van der Waals surface area contributed by atoms with Gasteiger partial charge in [0.1, 0.15) is 6.54 Å². The molecule has 1 aliphatic carbocycles. The highest BCUT2D eigenvalue weighted by molar-refractivity contribution is 6.00. The fraction of sp³-hybridized carbons (Fsp3) is 0.526. The second kappa shape index (κ2) is 5.76. The van der Waals surface area contributed by atoms with Crippen molar-refractivity contribution in [1.29, 1.82) is 0 Å². The normalized spacial score (nSPS) is 37.3. The molecule has 1 saturated carbocycles. The molecule has 3 aliphatic heterocycles. The highest BCUT2D eigenvalue weighted by atomic mass is 16.5. The maximum absolute atomic E-state index is 13.2. The number of hydrogen-bond donors (Lipinski definition) is 0. The topological polar surface area (TPSA) is 116 Å². The molecule has 3 heterocycles. The summed E-state index contributed by atoms with van der Waals surface area (Å²) in [6.45, 7) is -0.365. The van der Waals surface area contributed by atoms with Crippen LogP contribution in [0.1, 0.15) is 23.3 Å². The standard InChI is InChI=1S/C19H19N3O7/c1-26-11(23)8-22-19(17(25)28-3)13-12(18(19,20-21-22)16(24)27-2)14-9-6-4-5-7-10(9)15(13)29-14/h4-7,12-15H,8H2,1-3H3. The first-order valence-corrected chi connectivity index (χ1v) is 9.17. The summed E-state index contributed by atoms with van der Waals surface area (Å²) in [5.41, 5.74) is -1.41. The summed E-state index contributed by atoms with van der Waals surface area (Å²) >= 11 is 0. The van der Waals surface area contributed by atoms with Crippen LogP contribution >= 0.6 is 0 Å². The number of carbonyl (C=O) groups is 3. The number of benzene rings is 1. The van der Waals surface area contributed by atoms with Gasteiger partial charge in [0.15, 0.2) is 0 Å². The summed E-state index contributed by atoms with van der Waals surface area (Å²) in [5.74, 6) is -3.02. The molecule has 1 aromatic carbocycles. The number of esters is 3. The third kappa shape index (κ3) is 1.75. The first-order chi connectivity index (χ1) is 14.0. The number of ether oxygens (including phenoxy) is 4. The van der Waals surface area contributed by atoms with Crippen molar-refractivity contribution in [3.63, 3.8) is 0 Å². The van der Waals surface area contributed by atoms with Gasteiger partial charge in [0.05, 0.1) is 33.5 Å². The molecular formula is C19H19N3O7. The Labute approximate surface area is 165 Å². The number of hydrogen-bond acceptors (Lipinski definition) is 10. The largest absolute Gasteiger partial charge is 0.468 e. The molecule has 152 valence electrons. The monoisotopic (exact) mass is 401 g/mol. The molecule has 5 rings (SSSR count). The van der Waals surface area contributed by atoms with E-state index in [-0.39, 0.29) is 6.54 Å². The van der Waals surface area contributed by atoms with E-state index in [9.17, 15) is 14.4 Å². The highest BCUT2D eigenvalue weighted by Gasteiger charge is 2.92. The Bertz CT molecular complexity index is 965. The van der Waals surface area contributed by atoms with Crippen molar-refractivity contribution in [3.05, 3.63) is 35.4 Å². The molecular weight excluding hydrogens is 382 g/mol. The lowest BCUT2D eigenvalue weighted by atomic mass is 9.42. The summed E-state index contributed by atoms with van der Waals surface area (Å²) in [4.78, 5) is 38.3. The second-order valence-electron chi connectivity index (χ2n) is 7.50. The summed E-state index contributed by atoms with van der Waals surface area (Å²) in [7, 11) is 3.68. The van der Waals surface area contributed by atoms with E-state index in [1.54, 1.807) is 0 Å². The summed E-state index contributed by atoms with van der Waals surface area (Å²) in [5, 5.41) is 9.51. The van der Waals surface area contributed by atoms with Crippen LogP contribution in [-0.2, 0) is 33.3 Å². The van der Waals surface area contributed by atoms with Crippen LogP contribution < -0.4 is 0 Å². The quantitative estimate of drug-likeness (QED) is 0.412. The minimum absolute atomic E-state index is 0.365. The lowest BCUT2D eigenvalue weighted by molar-refractivity contribution is -0.206. The van der Waals surface area contributed by atoms with Gasteiger partial charge in [-0.15, -0.1) is 5.11 Å². The van der Waals surface area contributed by atoms with Crippen molar-refractivity contribution in [3.8, 4) is 0 Å². The Hall–Kier alpha value is -3.01. The molecule has 29 heavy (non-hydrogen) atoms. The van der Waals surface area contributed by atoms with Gasteiger partial charge in [0, 0.05) is 11.8 Å². The predicted molar refractivity (Wildman–Crippen MR) is 93.1 cm³/mol. The molecule has 4 aliphatic rings. The van der Waals surface area contributed by atoms with E-state index >= 15 is 0 Å². The lowest BCUT2D eigenvalue weighted by Crippen LogP contribution is -2.84. The third-order valence-electron chi connectivity index (χ3n) is 6.70. The lowest BCUT2D eigenvalue weighted by Gasteiger charge is -2.60. The van der Waals surface area contributed by atoms with Crippen LogP contribution in [0.5, 0.6) is 0 Å². The number of methoxy groups -OCH3 is 3. The van der Waals surface area contributed by atoms with Gasteiger partial charge < -0.3 is 18.9 Å². The molecule has 2 bridgehead atoms. The van der Waals surface area contributed by atoms with Crippen LogP contribution in [0.15, 0.2) is 34.6 Å². The average Bonchev–Trinajstić information content (AvgIpc) is 3.36. The number of rotatable bonds is 4. The first kappa shape index (κ1) is 18.0. The Morgan fingerprint density at radius 3 is 2.21 bits per heavy atom. The van der Waals surface area contributed by atoms with Crippen molar-refractivity contribution in [2.24, 2.45) is 22.2 Å². The van der Waals surface area contributed by atoms with Gasteiger partial charge in [-0.2, -0.15) is 0 Å². The van der Waals surface area contributed by atoms with Gasteiger partial charge in [0.25, 0.3) is 0 Å². The van der Waals surface area contributed by atoms with Crippen LogP contribution in [0, 0.1) is 11.8 Å². The van der Waals surface area contributed by atoms with Crippen LogP contribution in [0.2, 0.25) is 0 Å². The molecule has 2 fully saturated rings. The van der Waals surface area contributed by atoms with Crippen molar-refractivity contribution in [2.75, 3.05) is 27.9 Å². The van der Waals surface area contributed by atoms with Crippen molar-refractivity contribution in [2.45, 2.75) is 23.3 Å². The second-order valence-corrected chi connectivity index (χ2v) is 7.50. The fourth-order valence-electron chi connectivity index (χ4n) is 5.73. The zero-order valence-corrected chi connectivity index (χ0v) is 16.0. The SMILES string of the molecule is COC(=O)CN1N=NC2(C(=O)OC)C3C4OC(c5ccccc54)C3C12C(=O)OC. The summed E-state index contributed by atoms with van der Waals surface area (Å²) in [6.07, 6.45) is -0.892. The molecule has 0 amide bonds. The van der Waals surface area contributed by atoms with E-state index in [0.717, 1.165) is 11.1 Å². The maximum Gasteiger partial charge on any atom is 0.339 e. The van der Waals surface area contributed by atoms with Crippen molar-refractivity contribution >= 4 is 17.9 Å². The van der Waals surface area contributed by atoms with Crippen LogP contribution in [0.25, 0.3) is 0 Å². The van der Waals surface area contributed by atoms with E-state index in [1.165, 1.54) is 26.3 Å². The number of nitrogens with zero attached hydrogens (tertiary/aromatic N) is 3. The minimum Gasteiger partial charge on any atom is -0.468 e. The molecule has 0 radical (unpaired) electrons. The molecule has 0 spiro atoms. The van der Waals surface area contributed by atoms with E-state index < -0.39 is 53.0 Å². The molecule has 0 aromatic heterocycles. The zero-order chi connectivity index (χ0) is 20.6. The van der Waals surface area contributed by atoms with Crippen LogP contribution in [0.3, 0.4) is 0 Å². The molecule has 10 nitrogen and oxygen atoms in total. The average molecular weight is 401 g/mol. The van der Waals surface area contributed by atoms with Crippen LogP contribution in [-0.4, -0.2) is 61.9 Å². The zero-order valence-electron chi connectivity index (χ0n) is 16.0. The number of fused-ring (bicyclic) bond motifs is 11. The van der Waals surface area contributed by atoms with Gasteiger partial charge in [-0.3, -0.25) is 4.79 Å².